The molecule has 0 bridgehead atoms. The molecule has 1 heterocycles. The van der Waals surface area contributed by atoms with Crippen LogP contribution in [-0.2, 0) is 20.9 Å². The van der Waals surface area contributed by atoms with Crippen molar-refractivity contribution in [1.29, 1.82) is 0 Å². The number of rotatable bonds is 14. The van der Waals surface area contributed by atoms with Crippen LogP contribution in [0.4, 0.5) is 11.5 Å². The zero-order valence-electron chi connectivity index (χ0n) is 22.2. The van der Waals surface area contributed by atoms with Gasteiger partial charge in [-0.1, -0.05) is 62.9 Å². The molecule has 0 aliphatic heterocycles. The van der Waals surface area contributed by atoms with Crippen molar-refractivity contribution in [2.45, 2.75) is 85.3 Å². The van der Waals surface area contributed by atoms with Gasteiger partial charge >= 0.3 is 11.7 Å². The molecule has 37 heavy (non-hydrogen) atoms. The van der Waals surface area contributed by atoms with E-state index in [2.05, 4.69) is 4.98 Å². The second-order valence-electron chi connectivity index (χ2n) is 9.11. The molecule has 0 saturated carbocycles. The highest BCUT2D eigenvalue weighted by Gasteiger charge is 2.25. The first-order valence-electron chi connectivity index (χ1n) is 12.8. The van der Waals surface area contributed by atoms with E-state index in [0.29, 0.717) is 24.9 Å². The number of hydrogen-bond donors (Lipinski definition) is 2. The number of nitrogens with two attached hydrogens (primary N) is 1. The second-order valence-corrected chi connectivity index (χ2v) is 9.11. The molecule has 0 aliphatic rings. The van der Waals surface area contributed by atoms with Crippen molar-refractivity contribution >= 4 is 29.2 Å². The highest BCUT2D eigenvalue weighted by atomic mass is 16.5. The van der Waals surface area contributed by atoms with Gasteiger partial charge in [0.2, 0.25) is 11.7 Å². The first-order valence-corrected chi connectivity index (χ1v) is 12.8. The Balaban J connectivity index is 2.16. The third-order valence-corrected chi connectivity index (χ3v) is 6.06. The number of anilines is 2. The maximum atomic E-state index is 13.2. The summed E-state index contributed by atoms with van der Waals surface area (Å²) in [5.41, 5.74) is 6.17. The third-order valence-electron chi connectivity index (χ3n) is 6.06. The minimum atomic E-state index is -1.01. The standard InChI is InChI=1S/C27H38N4O6/c1-5-7-9-17-30(23-25(28)31(16-8-6-2)27(36)29-26(23)35)21(32)14-15-22(33)37-19(4)24(34)20-12-10-18(3)11-13-20/h10-13,19H,5-9,14-17,28H2,1-4H3,(H,29,35,36)/t19-/m1/s1. The van der Waals surface area contributed by atoms with Gasteiger partial charge in [-0.25, -0.2) is 4.79 Å². The number of aryl methyl sites for hydroxylation is 1. The van der Waals surface area contributed by atoms with Crippen molar-refractivity contribution in [3.8, 4) is 0 Å². The molecular formula is C27H38N4O6. The van der Waals surface area contributed by atoms with Gasteiger partial charge in [-0.3, -0.25) is 28.7 Å². The molecule has 0 unspecified atom stereocenters. The summed E-state index contributed by atoms with van der Waals surface area (Å²) in [5.74, 6) is -1.62. The molecule has 1 aromatic carbocycles. The predicted octanol–water partition coefficient (Wildman–Crippen LogP) is 3.35. The lowest BCUT2D eigenvalue weighted by molar-refractivity contribution is -0.147. The summed E-state index contributed by atoms with van der Waals surface area (Å²) in [4.78, 5) is 66.7. The van der Waals surface area contributed by atoms with E-state index in [4.69, 9.17) is 10.5 Å². The number of ether oxygens (including phenoxy) is 1. The van der Waals surface area contributed by atoms with Crippen LogP contribution in [0.3, 0.4) is 0 Å². The maximum Gasteiger partial charge on any atom is 0.330 e. The molecule has 2 aromatic rings. The average molecular weight is 515 g/mol. The Labute approximate surface area is 216 Å². The summed E-state index contributed by atoms with van der Waals surface area (Å²) in [6.45, 7) is 7.88. The van der Waals surface area contributed by atoms with Crippen molar-refractivity contribution in [3.05, 3.63) is 56.2 Å². The SMILES string of the molecule is CCCCCN(C(=O)CCC(=O)O[C@H](C)C(=O)c1ccc(C)cc1)c1c(N)n(CCCC)c(=O)[nH]c1=O. The lowest BCUT2D eigenvalue weighted by atomic mass is 10.1. The Bertz CT molecular complexity index is 1200. The number of unbranched alkanes of at least 4 members (excludes halogenated alkanes) is 3. The van der Waals surface area contributed by atoms with Crippen LogP contribution >= 0.6 is 0 Å². The molecule has 0 aliphatic carbocycles. The Morgan fingerprint density at radius 3 is 2.30 bits per heavy atom. The first-order chi connectivity index (χ1) is 17.6. The summed E-state index contributed by atoms with van der Waals surface area (Å²) < 4.78 is 6.52. The Hall–Kier alpha value is -3.69. The number of H-pyrrole nitrogens is 1. The van der Waals surface area contributed by atoms with E-state index in [0.717, 1.165) is 24.8 Å². The van der Waals surface area contributed by atoms with Gasteiger partial charge in [-0.2, -0.15) is 0 Å². The summed E-state index contributed by atoms with van der Waals surface area (Å²) >= 11 is 0. The number of nitrogen functional groups attached to an aromatic ring is 1. The third kappa shape index (κ3) is 8.16. The van der Waals surface area contributed by atoms with Crippen LogP contribution in [0.2, 0.25) is 0 Å². The summed E-state index contributed by atoms with van der Waals surface area (Å²) in [6.07, 6.45) is 2.27. The molecule has 202 valence electrons. The molecule has 0 spiro atoms. The Morgan fingerprint density at radius 2 is 1.68 bits per heavy atom. The summed E-state index contributed by atoms with van der Waals surface area (Å²) in [7, 11) is 0. The van der Waals surface area contributed by atoms with Gasteiger partial charge in [-0.15, -0.1) is 0 Å². The number of nitrogens with zero attached hydrogens (tertiary/aromatic N) is 2. The highest BCUT2D eigenvalue weighted by molar-refractivity contribution is 6.00. The van der Waals surface area contributed by atoms with Crippen LogP contribution in [0.1, 0.15) is 81.6 Å². The maximum absolute atomic E-state index is 13.2. The fourth-order valence-electron chi connectivity index (χ4n) is 3.86. The van der Waals surface area contributed by atoms with Crippen molar-refractivity contribution in [2.75, 3.05) is 17.2 Å². The quantitative estimate of drug-likeness (QED) is 0.223. The molecule has 1 amide bonds. The number of carbonyl (C=O) groups is 3. The highest BCUT2D eigenvalue weighted by Crippen LogP contribution is 2.20. The van der Waals surface area contributed by atoms with Crippen LogP contribution in [0.15, 0.2) is 33.9 Å². The zero-order valence-corrected chi connectivity index (χ0v) is 22.2. The van der Waals surface area contributed by atoms with Gasteiger partial charge in [0.05, 0.1) is 6.42 Å². The van der Waals surface area contributed by atoms with Gasteiger partial charge in [0.15, 0.2) is 11.8 Å². The smallest absolute Gasteiger partial charge is 0.330 e. The minimum absolute atomic E-state index is 0.0769. The predicted molar refractivity (Wildman–Crippen MR) is 143 cm³/mol. The Morgan fingerprint density at radius 1 is 1.03 bits per heavy atom. The molecule has 2 rings (SSSR count). The van der Waals surface area contributed by atoms with E-state index in [9.17, 15) is 24.0 Å². The fraction of sp³-hybridized carbons (Fsp3) is 0.519. The van der Waals surface area contributed by atoms with Crippen molar-refractivity contribution in [3.63, 3.8) is 0 Å². The molecule has 0 radical (unpaired) electrons. The van der Waals surface area contributed by atoms with E-state index >= 15 is 0 Å². The lowest BCUT2D eigenvalue weighted by Crippen LogP contribution is -2.41. The van der Waals surface area contributed by atoms with E-state index in [-0.39, 0.29) is 36.7 Å². The fourth-order valence-corrected chi connectivity index (χ4v) is 3.86. The molecule has 1 aromatic heterocycles. The van der Waals surface area contributed by atoms with E-state index in [1.165, 1.54) is 16.4 Å². The van der Waals surface area contributed by atoms with E-state index in [1.807, 2.05) is 20.8 Å². The van der Waals surface area contributed by atoms with Gasteiger partial charge in [0, 0.05) is 25.1 Å². The lowest BCUT2D eigenvalue weighted by Gasteiger charge is -2.24. The molecule has 10 heteroatoms. The molecular weight excluding hydrogens is 476 g/mol. The van der Waals surface area contributed by atoms with Crippen LogP contribution < -0.4 is 21.9 Å². The minimum Gasteiger partial charge on any atom is -0.454 e. The number of hydrogen-bond acceptors (Lipinski definition) is 7. The van der Waals surface area contributed by atoms with Crippen LogP contribution in [0.25, 0.3) is 0 Å². The van der Waals surface area contributed by atoms with Crippen LogP contribution in [0.5, 0.6) is 0 Å². The molecule has 0 saturated heterocycles. The van der Waals surface area contributed by atoms with Crippen LogP contribution in [-0.4, -0.2) is 39.9 Å². The number of ketones is 1. The number of amides is 1. The number of carbonyl (C=O) groups excluding carboxylic acids is 3. The zero-order chi connectivity index (χ0) is 27.5. The normalized spacial score (nSPS) is 11.7. The van der Waals surface area contributed by atoms with Crippen molar-refractivity contribution in [2.24, 2.45) is 0 Å². The van der Waals surface area contributed by atoms with E-state index < -0.39 is 29.2 Å². The Kier molecular flexibility index (Phi) is 11.3. The van der Waals surface area contributed by atoms with Gasteiger partial charge < -0.3 is 15.4 Å². The number of nitrogens with one attached hydrogen (secondary N) is 1. The number of aromatic amines is 1. The van der Waals surface area contributed by atoms with Gasteiger partial charge in [0.25, 0.3) is 5.56 Å². The monoisotopic (exact) mass is 514 g/mol. The molecule has 10 nitrogen and oxygen atoms in total. The number of Topliss-reactive ketones (excluding diaryl/α,β-unsaturated/α-hetero) is 1. The second kappa shape index (κ2) is 14.2. The molecule has 0 fully saturated rings. The van der Waals surface area contributed by atoms with Gasteiger partial charge in [0.1, 0.15) is 5.82 Å². The van der Waals surface area contributed by atoms with Crippen molar-refractivity contribution in [1.82, 2.24) is 9.55 Å². The van der Waals surface area contributed by atoms with Crippen molar-refractivity contribution < 1.29 is 19.1 Å². The summed E-state index contributed by atoms with van der Waals surface area (Å²) in [5, 5.41) is 0. The largest absolute Gasteiger partial charge is 0.454 e. The average Bonchev–Trinajstić information content (AvgIpc) is 2.86. The first kappa shape index (κ1) is 29.5. The van der Waals surface area contributed by atoms with E-state index in [1.54, 1.807) is 24.3 Å². The van der Waals surface area contributed by atoms with Gasteiger partial charge in [-0.05, 0) is 26.7 Å². The number of benzene rings is 1. The molecule has 3 N–H and O–H groups in total. The number of aromatic nitrogens is 2. The molecule has 1 atom stereocenters. The number of esters is 1. The van der Waals surface area contributed by atoms with Crippen LogP contribution in [0, 0.1) is 6.92 Å². The topological polar surface area (TPSA) is 145 Å². The summed E-state index contributed by atoms with van der Waals surface area (Å²) in [6, 6.07) is 6.93.